The van der Waals surface area contributed by atoms with Gasteiger partial charge in [-0.15, -0.1) is 0 Å². The number of piperazine rings is 1. The third-order valence-electron chi connectivity index (χ3n) is 5.00. The van der Waals surface area contributed by atoms with Gasteiger partial charge >= 0.3 is 0 Å². The van der Waals surface area contributed by atoms with Gasteiger partial charge in [-0.2, -0.15) is 4.31 Å². The van der Waals surface area contributed by atoms with Gasteiger partial charge < -0.3 is 9.84 Å². The van der Waals surface area contributed by atoms with Crippen molar-refractivity contribution in [3.05, 3.63) is 58.1 Å². The van der Waals surface area contributed by atoms with Gasteiger partial charge in [0.25, 0.3) is 0 Å². The number of rotatable bonds is 7. The molecule has 8 heteroatoms. The fraction of sp³-hybridized carbons (Fsp3) is 0.429. The van der Waals surface area contributed by atoms with Crippen LogP contribution in [0.5, 0.6) is 5.75 Å². The maximum Gasteiger partial charge on any atom is 0.243 e. The summed E-state index contributed by atoms with van der Waals surface area (Å²) in [6, 6.07) is 12.9. The van der Waals surface area contributed by atoms with Gasteiger partial charge in [0, 0.05) is 37.2 Å². The number of halogens is 1. The molecule has 0 bridgehead atoms. The lowest BCUT2D eigenvalue weighted by atomic mass is 10.2. The van der Waals surface area contributed by atoms with E-state index < -0.39 is 16.1 Å². The summed E-state index contributed by atoms with van der Waals surface area (Å²) in [5.74, 6) is 0.705. The molecule has 6 nitrogen and oxygen atoms in total. The Morgan fingerprint density at radius 3 is 2.34 bits per heavy atom. The molecule has 0 spiro atoms. The van der Waals surface area contributed by atoms with Gasteiger partial charge in [0.15, 0.2) is 0 Å². The van der Waals surface area contributed by atoms with E-state index in [1.807, 2.05) is 50.2 Å². The molecule has 0 saturated carbocycles. The minimum atomic E-state index is -3.50. The summed E-state index contributed by atoms with van der Waals surface area (Å²) in [6.07, 6.45) is -0.638. The molecule has 1 N–H and O–H groups in total. The van der Waals surface area contributed by atoms with E-state index in [1.165, 1.54) is 4.31 Å². The summed E-state index contributed by atoms with van der Waals surface area (Å²) in [6.45, 7) is 6.42. The van der Waals surface area contributed by atoms with Crippen LogP contribution in [0.2, 0.25) is 0 Å². The lowest BCUT2D eigenvalue weighted by Crippen LogP contribution is -2.50. The number of β-amino-alcohol motifs (C(OH)–C–C–N with tert-alkyl or cyclic N) is 1. The van der Waals surface area contributed by atoms with E-state index >= 15 is 0 Å². The van der Waals surface area contributed by atoms with Crippen LogP contribution < -0.4 is 4.74 Å². The van der Waals surface area contributed by atoms with Crippen LogP contribution in [0.4, 0.5) is 0 Å². The molecule has 1 unspecified atom stereocenters. The monoisotopic (exact) mass is 482 g/mol. The molecular weight excluding hydrogens is 456 g/mol. The van der Waals surface area contributed by atoms with Gasteiger partial charge in [-0.1, -0.05) is 33.6 Å². The highest BCUT2D eigenvalue weighted by molar-refractivity contribution is 9.10. The highest BCUT2D eigenvalue weighted by Crippen LogP contribution is 2.22. The zero-order valence-electron chi connectivity index (χ0n) is 16.7. The Hall–Kier alpha value is -1.45. The largest absolute Gasteiger partial charge is 0.491 e. The Bertz CT molecular complexity index is 926. The van der Waals surface area contributed by atoms with Crippen LogP contribution in [0.15, 0.2) is 51.8 Å². The van der Waals surface area contributed by atoms with Crippen molar-refractivity contribution in [3.8, 4) is 5.75 Å². The van der Waals surface area contributed by atoms with Crippen molar-refractivity contribution in [1.29, 1.82) is 0 Å². The third-order valence-corrected chi connectivity index (χ3v) is 7.59. The Balaban J connectivity index is 1.50. The van der Waals surface area contributed by atoms with Crippen molar-refractivity contribution in [2.45, 2.75) is 24.8 Å². The molecule has 1 saturated heterocycles. The van der Waals surface area contributed by atoms with Crippen LogP contribution in [0.25, 0.3) is 0 Å². The highest BCUT2D eigenvalue weighted by Gasteiger charge is 2.30. The summed E-state index contributed by atoms with van der Waals surface area (Å²) in [4.78, 5) is 2.45. The number of hydrogen-bond acceptors (Lipinski definition) is 5. The number of ether oxygens (including phenoxy) is 1. The molecule has 29 heavy (non-hydrogen) atoms. The number of aliphatic hydroxyl groups is 1. The molecule has 0 aliphatic carbocycles. The standard InChI is InChI=1S/C21H27BrN2O4S/c1-16-3-8-21(17(2)13-16)29(26,27)24-11-9-23(10-12-24)14-19(25)15-28-20-6-4-18(22)5-7-20/h3-8,13,19,25H,9-12,14-15H2,1-2H3. The molecule has 0 radical (unpaired) electrons. The lowest BCUT2D eigenvalue weighted by Gasteiger charge is -2.35. The SMILES string of the molecule is Cc1ccc(S(=O)(=O)N2CCN(CC(O)COc3ccc(Br)cc3)CC2)c(C)c1. The number of hydrogen-bond donors (Lipinski definition) is 1. The van der Waals surface area contributed by atoms with Crippen LogP contribution in [0, 0.1) is 13.8 Å². The van der Waals surface area contributed by atoms with Crippen LogP contribution in [0.3, 0.4) is 0 Å². The van der Waals surface area contributed by atoms with Crippen LogP contribution in [0.1, 0.15) is 11.1 Å². The van der Waals surface area contributed by atoms with Crippen molar-refractivity contribution < 1.29 is 18.3 Å². The minimum Gasteiger partial charge on any atom is -0.491 e. The van der Waals surface area contributed by atoms with E-state index in [-0.39, 0.29) is 6.61 Å². The maximum atomic E-state index is 13.0. The topological polar surface area (TPSA) is 70.1 Å². The predicted molar refractivity (Wildman–Crippen MR) is 117 cm³/mol. The van der Waals surface area contributed by atoms with Crippen molar-refractivity contribution >= 4 is 26.0 Å². The van der Waals surface area contributed by atoms with E-state index in [9.17, 15) is 13.5 Å². The average molecular weight is 483 g/mol. The molecule has 0 amide bonds. The third kappa shape index (κ3) is 5.79. The normalized spacial score (nSPS) is 17.2. The first kappa shape index (κ1) is 22.2. The summed E-state index contributed by atoms with van der Waals surface area (Å²) in [7, 11) is -3.50. The van der Waals surface area contributed by atoms with Gasteiger partial charge in [0.2, 0.25) is 10.0 Å². The Morgan fingerprint density at radius 1 is 1.07 bits per heavy atom. The van der Waals surface area contributed by atoms with Gasteiger partial charge in [0.05, 0.1) is 4.90 Å². The molecule has 2 aromatic rings. The maximum absolute atomic E-state index is 13.0. The van der Waals surface area contributed by atoms with Gasteiger partial charge in [-0.3, -0.25) is 4.90 Å². The number of aliphatic hydroxyl groups excluding tert-OH is 1. The summed E-state index contributed by atoms with van der Waals surface area (Å²) in [5, 5.41) is 10.3. The first-order valence-electron chi connectivity index (χ1n) is 9.62. The summed E-state index contributed by atoms with van der Waals surface area (Å²) >= 11 is 3.37. The minimum absolute atomic E-state index is 0.197. The second kappa shape index (κ2) is 9.57. The molecule has 1 aliphatic heterocycles. The lowest BCUT2D eigenvalue weighted by molar-refractivity contribution is 0.0569. The average Bonchev–Trinajstić information content (AvgIpc) is 2.67. The Labute approximate surface area is 181 Å². The molecule has 0 aromatic heterocycles. The second-order valence-corrected chi connectivity index (χ2v) is 10.2. The van der Waals surface area contributed by atoms with E-state index in [2.05, 4.69) is 20.8 Å². The summed E-state index contributed by atoms with van der Waals surface area (Å²) in [5.41, 5.74) is 1.82. The zero-order valence-corrected chi connectivity index (χ0v) is 19.1. The van der Waals surface area contributed by atoms with Crippen LogP contribution in [-0.2, 0) is 10.0 Å². The van der Waals surface area contributed by atoms with Gasteiger partial charge in [-0.05, 0) is 49.7 Å². The number of aryl methyl sites for hydroxylation is 2. The zero-order chi connectivity index (χ0) is 21.0. The van der Waals surface area contributed by atoms with Crippen molar-refractivity contribution in [2.75, 3.05) is 39.3 Å². The first-order chi connectivity index (χ1) is 13.8. The molecule has 1 aliphatic rings. The Kier molecular flexibility index (Phi) is 7.34. The smallest absolute Gasteiger partial charge is 0.243 e. The fourth-order valence-corrected chi connectivity index (χ4v) is 5.35. The molecule has 1 fully saturated rings. The van der Waals surface area contributed by atoms with Crippen LogP contribution in [-0.4, -0.2) is 68.2 Å². The fourth-order valence-electron chi connectivity index (χ4n) is 3.45. The van der Waals surface area contributed by atoms with Gasteiger partial charge in [-0.25, -0.2) is 8.42 Å². The second-order valence-electron chi connectivity index (χ2n) is 7.39. The van der Waals surface area contributed by atoms with E-state index in [4.69, 9.17) is 4.74 Å². The number of nitrogens with zero attached hydrogens (tertiary/aromatic N) is 2. The van der Waals surface area contributed by atoms with Crippen molar-refractivity contribution in [2.24, 2.45) is 0 Å². The predicted octanol–water partition coefficient (Wildman–Crippen LogP) is 2.81. The molecule has 1 heterocycles. The molecular formula is C21H27BrN2O4S. The number of benzene rings is 2. The van der Waals surface area contributed by atoms with Crippen molar-refractivity contribution in [3.63, 3.8) is 0 Å². The van der Waals surface area contributed by atoms with E-state index in [0.29, 0.717) is 43.4 Å². The van der Waals surface area contributed by atoms with Gasteiger partial charge in [0.1, 0.15) is 18.5 Å². The first-order valence-corrected chi connectivity index (χ1v) is 11.9. The molecule has 2 aromatic carbocycles. The van der Waals surface area contributed by atoms with E-state index in [0.717, 1.165) is 15.6 Å². The summed E-state index contributed by atoms with van der Waals surface area (Å²) < 4.78 is 34.1. The highest BCUT2D eigenvalue weighted by atomic mass is 79.9. The quantitative estimate of drug-likeness (QED) is 0.656. The van der Waals surface area contributed by atoms with Crippen molar-refractivity contribution in [1.82, 2.24) is 9.21 Å². The van der Waals surface area contributed by atoms with Crippen LogP contribution >= 0.6 is 15.9 Å². The van der Waals surface area contributed by atoms with E-state index in [1.54, 1.807) is 6.07 Å². The molecule has 1 atom stereocenters. The molecule has 158 valence electrons. The number of sulfonamides is 1. The Morgan fingerprint density at radius 2 is 1.72 bits per heavy atom. The molecule has 3 rings (SSSR count).